The Morgan fingerprint density at radius 1 is 1.24 bits per heavy atom. The zero-order chi connectivity index (χ0) is 24.1. The van der Waals surface area contributed by atoms with Gasteiger partial charge >= 0.3 is 0 Å². The van der Waals surface area contributed by atoms with Crippen LogP contribution in [0.25, 0.3) is 5.65 Å². The molecule has 9 heteroatoms. The Kier molecular flexibility index (Phi) is 5.49. The lowest BCUT2D eigenvalue weighted by atomic mass is 10.0. The van der Waals surface area contributed by atoms with Crippen molar-refractivity contribution in [3.8, 4) is 5.75 Å². The van der Waals surface area contributed by atoms with Crippen LogP contribution < -0.4 is 15.0 Å². The number of piperazine rings is 1. The van der Waals surface area contributed by atoms with E-state index in [1.165, 1.54) is 0 Å². The first kappa shape index (κ1) is 22.6. The van der Waals surface area contributed by atoms with E-state index < -0.39 is 5.60 Å². The van der Waals surface area contributed by atoms with Crippen molar-refractivity contribution in [1.82, 2.24) is 19.5 Å². The first-order valence-corrected chi connectivity index (χ1v) is 11.7. The van der Waals surface area contributed by atoms with E-state index in [4.69, 9.17) is 4.74 Å². The molecule has 0 spiro atoms. The Balaban J connectivity index is 1.43. The summed E-state index contributed by atoms with van der Waals surface area (Å²) in [5.74, 6) is 0.628. The van der Waals surface area contributed by atoms with Gasteiger partial charge in [-0.3, -0.25) is 9.69 Å². The smallest absolute Gasteiger partial charge is 0.261 e. The molecule has 2 aliphatic rings. The number of rotatable bonds is 5. The van der Waals surface area contributed by atoms with E-state index >= 15 is 0 Å². The molecule has 180 valence electrons. The standard InChI is InChI=1S/C25H32N6O3/c1-24(2,33)16-29-8-10-30(11-9-29)20-13-21-17(14-25(3,4)34-21)12-19(20)28-23(32)18-15-27-31-7-5-6-26-22(18)31/h5-7,12-13,15,33H,8-11,14,16H2,1-4H3,(H,28,32). The highest BCUT2D eigenvalue weighted by atomic mass is 16.5. The number of hydrogen-bond acceptors (Lipinski definition) is 7. The maximum atomic E-state index is 13.3. The molecule has 4 heterocycles. The predicted molar refractivity (Wildman–Crippen MR) is 131 cm³/mol. The molecule has 5 rings (SSSR count). The lowest BCUT2D eigenvalue weighted by molar-refractivity contribution is 0.0345. The fraction of sp³-hybridized carbons (Fsp3) is 0.480. The molecule has 2 N–H and O–H groups in total. The summed E-state index contributed by atoms with van der Waals surface area (Å²) in [5.41, 5.74) is 2.73. The van der Waals surface area contributed by atoms with Gasteiger partial charge in [0.15, 0.2) is 5.65 Å². The van der Waals surface area contributed by atoms with Crippen LogP contribution in [0.3, 0.4) is 0 Å². The zero-order valence-electron chi connectivity index (χ0n) is 20.2. The molecular weight excluding hydrogens is 432 g/mol. The molecule has 34 heavy (non-hydrogen) atoms. The number of carbonyl (C=O) groups excluding carboxylic acids is 1. The van der Waals surface area contributed by atoms with Crippen molar-refractivity contribution in [3.63, 3.8) is 0 Å². The summed E-state index contributed by atoms with van der Waals surface area (Å²) in [6.45, 7) is 11.7. The summed E-state index contributed by atoms with van der Waals surface area (Å²) < 4.78 is 7.79. The fourth-order valence-electron chi connectivity index (χ4n) is 4.87. The molecule has 2 aromatic heterocycles. The second-order valence-electron chi connectivity index (χ2n) is 10.5. The second-order valence-corrected chi connectivity index (χ2v) is 10.5. The molecule has 1 aromatic carbocycles. The van der Waals surface area contributed by atoms with E-state index in [1.807, 2.05) is 19.9 Å². The Labute approximate surface area is 199 Å². The van der Waals surface area contributed by atoms with Crippen molar-refractivity contribution in [3.05, 3.63) is 47.9 Å². The van der Waals surface area contributed by atoms with E-state index in [1.54, 1.807) is 29.2 Å². The summed E-state index contributed by atoms with van der Waals surface area (Å²) >= 11 is 0. The lowest BCUT2D eigenvalue weighted by Crippen LogP contribution is -2.50. The first-order chi connectivity index (χ1) is 16.1. The molecule has 0 radical (unpaired) electrons. The summed E-state index contributed by atoms with van der Waals surface area (Å²) in [6, 6.07) is 5.87. The third kappa shape index (κ3) is 4.58. The van der Waals surface area contributed by atoms with Crippen LogP contribution in [-0.2, 0) is 6.42 Å². The third-order valence-electron chi connectivity index (χ3n) is 6.28. The average molecular weight is 465 g/mol. The highest BCUT2D eigenvalue weighted by Gasteiger charge is 2.33. The van der Waals surface area contributed by atoms with Crippen LogP contribution in [0.4, 0.5) is 11.4 Å². The van der Waals surface area contributed by atoms with Crippen molar-refractivity contribution in [2.45, 2.75) is 45.3 Å². The maximum absolute atomic E-state index is 13.3. The van der Waals surface area contributed by atoms with Gasteiger partial charge in [-0.15, -0.1) is 0 Å². The molecule has 3 aromatic rings. The van der Waals surface area contributed by atoms with Crippen LogP contribution in [0, 0.1) is 0 Å². The highest BCUT2D eigenvalue weighted by Crippen LogP contribution is 2.42. The quantitative estimate of drug-likeness (QED) is 0.599. The minimum atomic E-state index is -0.726. The number of aliphatic hydroxyl groups is 1. The zero-order valence-corrected chi connectivity index (χ0v) is 20.2. The van der Waals surface area contributed by atoms with Gasteiger partial charge in [-0.1, -0.05) is 0 Å². The fourth-order valence-corrected chi connectivity index (χ4v) is 4.87. The summed E-state index contributed by atoms with van der Waals surface area (Å²) in [7, 11) is 0. The van der Waals surface area contributed by atoms with Crippen LogP contribution in [0.2, 0.25) is 0 Å². The average Bonchev–Trinajstić information content (AvgIpc) is 3.31. The van der Waals surface area contributed by atoms with E-state index in [2.05, 4.69) is 45.1 Å². The largest absolute Gasteiger partial charge is 0.487 e. The van der Waals surface area contributed by atoms with Gasteiger partial charge in [-0.2, -0.15) is 5.10 Å². The number of β-amino-alcohol motifs (C(OH)–C–C–N with tert-alkyl or cyclic N) is 1. The Hall–Kier alpha value is -3.17. The topological polar surface area (TPSA) is 95.2 Å². The van der Waals surface area contributed by atoms with Crippen molar-refractivity contribution >= 4 is 22.9 Å². The normalized spacial score (nSPS) is 18.1. The van der Waals surface area contributed by atoms with E-state index in [0.717, 1.165) is 55.3 Å². The predicted octanol–water partition coefficient (Wildman–Crippen LogP) is 2.59. The van der Waals surface area contributed by atoms with Gasteiger partial charge in [0.05, 0.1) is 23.2 Å². The number of fused-ring (bicyclic) bond motifs is 2. The van der Waals surface area contributed by atoms with Crippen LogP contribution in [0.5, 0.6) is 5.75 Å². The van der Waals surface area contributed by atoms with Gasteiger partial charge in [0.2, 0.25) is 0 Å². The molecule has 0 unspecified atom stereocenters. The third-order valence-corrected chi connectivity index (χ3v) is 6.28. The van der Waals surface area contributed by atoms with Crippen LogP contribution in [0.15, 0.2) is 36.8 Å². The van der Waals surface area contributed by atoms with Gasteiger partial charge in [-0.25, -0.2) is 9.50 Å². The summed E-state index contributed by atoms with van der Waals surface area (Å²) in [5, 5.41) is 17.6. The Bertz CT molecular complexity index is 1220. The molecule has 1 amide bonds. The molecular formula is C25H32N6O3. The van der Waals surface area contributed by atoms with Gasteiger partial charge in [0.1, 0.15) is 16.9 Å². The number of amides is 1. The number of aromatic nitrogens is 3. The molecule has 1 fully saturated rings. The van der Waals surface area contributed by atoms with Crippen LogP contribution in [0.1, 0.15) is 43.6 Å². The van der Waals surface area contributed by atoms with Gasteiger partial charge in [-0.05, 0) is 39.8 Å². The number of carbonyl (C=O) groups is 1. The van der Waals surface area contributed by atoms with E-state index in [9.17, 15) is 9.90 Å². The minimum absolute atomic E-state index is 0.242. The molecule has 2 aliphatic heterocycles. The van der Waals surface area contributed by atoms with Crippen molar-refractivity contribution in [2.75, 3.05) is 42.9 Å². The number of hydrogen-bond donors (Lipinski definition) is 2. The summed E-state index contributed by atoms with van der Waals surface area (Å²) in [4.78, 5) is 22.1. The van der Waals surface area contributed by atoms with E-state index in [0.29, 0.717) is 17.8 Å². The lowest BCUT2D eigenvalue weighted by Gasteiger charge is -2.39. The molecule has 0 aliphatic carbocycles. The molecule has 1 saturated heterocycles. The maximum Gasteiger partial charge on any atom is 0.261 e. The molecule has 9 nitrogen and oxygen atoms in total. The van der Waals surface area contributed by atoms with Crippen LogP contribution >= 0.6 is 0 Å². The SMILES string of the molecule is CC(C)(O)CN1CCN(c2cc3c(cc2NC(=O)c2cnn4cccnc24)CC(C)(C)O3)CC1. The van der Waals surface area contributed by atoms with E-state index in [-0.39, 0.29) is 11.5 Å². The number of benzene rings is 1. The number of nitrogens with one attached hydrogen (secondary N) is 1. The number of ether oxygens (including phenoxy) is 1. The van der Waals surface area contributed by atoms with Gasteiger partial charge in [0, 0.05) is 63.2 Å². The molecule has 0 bridgehead atoms. The van der Waals surface area contributed by atoms with Crippen molar-refractivity contribution in [1.29, 1.82) is 0 Å². The van der Waals surface area contributed by atoms with Crippen LogP contribution in [-0.4, -0.2) is 74.4 Å². The number of nitrogens with zero attached hydrogens (tertiary/aromatic N) is 5. The van der Waals surface area contributed by atoms with Gasteiger partial charge in [0.25, 0.3) is 5.91 Å². The van der Waals surface area contributed by atoms with Crippen molar-refractivity contribution in [2.24, 2.45) is 0 Å². The molecule has 0 atom stereocenters. The minimum Gasteiger partial charge on any atom is -0.487 e. The monoisotopic (exact) mass is 464 g/mol. The van der Waals surface area contributed by atoms with Crippen molar-refractivity contribution < 1.29 is 14.6 Å². The Morgan fingerprint density at radius 3 is 2.74 bits per heavy atom. The number of anilines is 2. The molecule has 0 saturated carbocycles. The first-order valence-electron chi connectivity index (χ1n) is 11.7. The highest BCUT2D eigenvalue weighted by molar-refractivity contribution is 6.09. The second kappa shape index (κ2) is 8.25. The summed E-state index contributed by atoms with van der Waals surface area (Å²) in [6.07, 6.45) is 5.75. The Morgan fingerprint density at radius 2 is 2.00 bits per heavy atom. The van der Waals surface area contributed by atoms with Gasteiger partial charge < -0.3 is 20.1 Å².